The maximum atomic E-state index is 5.94. The molecule has 0 atom stereocenters. The van der Waals surface area contributed by atoms with Crippen LogP contribution in [0.4, 0.5) is 0 Å². The zero-order valence-corrected chi connectivity index (χ0v) is 12.6. The number of nitrogens with zero attached hydrogens (tertiary/aromatic N) is 6. The molecule has 0 amide bonds. The van der Waals surface area contributed by atoms with Crippen LogP contribution in [0.15, 0.2) is 36.4 Å². The molecule has 9 heteroatoms. The maximum absolute atomic E-state index is 5.94. The highest BCUT2D eigenvalue weighted by Gasteiger charge is 2.10. The standard InChI is InChI=1S/C12H6Cl2N6S/c13-7-1-3-11-9(5-7)15-17-19(11)21-20-12-4-2-8(14)6-10(12)16-18-20/h1-6H. The SMILES string of the molecule is Clc1ccc2c(c1)nnn2Sn1nnc2cc(Cl)ccc21. The van der Waals surface area contributed by atoms with Crippen molar-refractivity contribution in [1.29, 1.82) is 0 Å². The van der Waals surface area contributed by atoms with Gasteiger partial charge in [0, 0.05) is 10.0 Å². The zero-order chi connectivity index (χ0) is 14.4. The molecule has 2 aromatic heterocycles. The molecule has 0 N–H and O–H groups in total. The first-order chi connectivity index (χ1) is 10.2. The van der Waals surface area contributed by atoms with Crippen LogP contribution in [0.5, 0.6) is 0 Å². The molecule has 0 aliphatic heterocycles. The molecule has 0 unspecified atom stereocenters. The van der Waals surface area contributed by atoms with Gasteiger partial charge in [-0.1, -0.05) is 33.6 Å². The van der Waals surface area contributed by atoms with Crippen LogP contribution < -0.4 is 0 Å². The van der Waals surface area contributed by atoms with Crippen LogP contribution >= 0.6 is 35.3 Å². The highest BCUT2D eigenvalue weighted by Crippen LogP contribution is 2.24. The lowest BCUT2D eigenvalue weighted by molar-refractivity contribution is 0.866. The number of fused-ring (bicyclic) bond motifs is 2. The Bertz CT molecular complexity index is 885. The van der Waals surface area contributed by atoms with Crippen molar-refractivity contribution in [2.75, 3.05) is 0 Å². The normalized spacial score (nSPS) is 11.5. The first kappa shape index (κ1) is 12.9. The van der Waals surface area contributed by atoms with Crippen molar-refractivity contribution in [2.24, 2.45) is 0 Å². The van der Waals surface area contributed by atoms with Crippen LogP contribution in [-0.4, -0.2) is 28.8 Å². The molecule has 21 heavy (non-hydrogen) atoms. The second-order valence-electron chi connectivity index (χ2n) is 4.27. The number of benzene rings is 2. The van der Waals surface area contributed by atoms with E-state index in [4.69, 9.17) is 23.2 Å². The monoisotopic (exact) mass is 336 g/mol. The molecule has 4 rings (SSSR count). The van der Waals surface area contributed by atoms with Crippen LogP contribution in [0.2, 0.25) is 10.0 Å². The van der Waals surface area contributed by atoms with Crippen molar-refractivity contribution in [2.45, 2.75) is 0 Å². The van der Waals surface area contributed by atoms with Crippen molar-refractivity contribution in [3.05, 3.63) is 46.4 Å². The second-order valence-corrected chi connectivity index (χ2v) is 6.00. The molecule has 0 saturated heterocycles. The smallest absolute Gasteiger partial charge is 0.120 e. The number of halogens is 2. The van der Waals surface area contributed by atoms with Gasteiger partial charge in [-0.2, -0.15) is 8.17 Å². The summed E-state index contributed by atoms with van der Waals surface area (Å²) in [6, 6.07) is 10.8. The van der Waals surface area contributed by atoms with Gasteiger partial charge in [-0.25, -0.2) is 0 Å². The molecule has 2 heterocycles. The molecule has 0 radical (unpaired) electrons. The average Bonchev–Trinajstić information content (AvgIpc) is 3.03. The van der Waals surface area contributed by atoms with E-state index in [1.54, 1.807) is 32.4 Å². The summed E-state index contributed by atoms with van der Waals surface area (Å²) < 4.78 is 3.32. The van der Waals surface area contributed by atoms with Gasteiger partial charge < -0.3 is 0 Å². The van der Waals surface area contributed by atoms with Gasteiger partial charge in [0.15, 0.2) is 0 Å². The van der Waals surface area contributed by atoms with E-state index in [2.05, 4.69) is 20.6 Å². The summed E-state index contributed by atoms with van der Waals surface area (Å²) in [6.45, 7) is 0. The Balaban J connectivity index is 1.79. The summed E-state index contributed by atoms with van der Waals surface area (Å²) in [7, 11) is 0. The Labute approximate surface area is 132 Å². The topological polar surface area (TPSA) is 61.4 Å². The summed E-state index contributed by atoms with van der Waals surface area (Å²) >= 11 is 13.2. The van der Waals surface area contributed by atoms with Crippen molar-refractivity contribution >= 4 is 57.4 Å². The minimum atomic E-state index is 0.625. The lowest BCUT2D eigenvalue weighted by Crippen LogP contribution is -1.98. The van der Waals surface area contributed by atoms with Crippen LogP contribution in [0.25, 0.3) is 22.1 Å². The van der Waals surface area contributed by atoms with E-state index in [9.17, 15) is 0 Å². The Morgan fingerprint density at radius 1 is 0.762 bits per heavy atom. The Morgan fingerprint density at radius 3 is 1.71 bits per heavy atom. The largest absolute Gasteiger partial charge is 0.164 e. The summed E-state index contributed by atoms with van der Waals surface area (Å²) in [6.07, 6.45) is 0. The Kier molecular flexibility index (Phi) is 2.99. The number of hydrogen-bond acceptors (Lipinski definition) is 5. The van der Waals surface area contributed by atoms with Gasteiger partial charge >= 0.3 is 0 Å². The maximum Gasteiger partial charge on any atom is 0.120 e. The third-order valence-corrected chi connectivity index (χ3v) is 4.23. The van der Waals surface area contributed by atoms with Gasteiger partial charge in [0.2, 0.25) is 0 Å². The average molecular weight is 337 g/mol. The van der Waals surface area contributed by atoms with Crippen molar-refractivity contribution in [3.8, 4) is 0 Å². The molecule has 0 saturated carbocycles. The first-order valence-corrected chi connectivity index (χ1v) is 7.40. The third-order valence-electron chi connectivity index (χ3n) is 2.91. The molecule has 0 aliphatic carbocycles. The lowest BCUT2D eigenvalue weighted by atomic mass is 10.3. The summed E-state index contributed by atoms with van der Waals surface area (Å²) in [5, 5.41) is 17.6. The van der Waals surface area contributed by atoms with Gasteiger partial charge in [0.25, 0.3) is 0 Å². The van der Waals surface area contributed by atoms with Crippen LogP contribution in [0.3, 0.4) is 0 Å². The van der Waals surface area contributed by atoms with Crippen molar-refractivity contribution in [3.63, 3.8) is 0 Å². The highest BCUT2D eigenvalue weighted by atomic mass is 35.5. The predicted molar refractivity (Wildman–Crippen MR) is 83.5 cm³/mol. The molecule has 0 aliphatic rings. The fourth-order valence-corrected chi connectivity index (χ4v) is 3.05. The van der Waals surface area contributed by atoms with Gasteiger partial charge in [-0.3, -0.25) is 0 Å². The van der Waals surface area contributed by atoms with Gasteiger partial charge in [-0.15, -0.1) is 10.2 Å². The second kappa shape index (κ2) is 4.87. The molecule has 0 bridgehead atoms. The number of hydrogen-bond donors (Lipinski definition) is 0. The molecule has 2 aromatic carbocycles. The van der Waals surface area contributed by atoms with E-state index >= 15 is 0 Å². The fourth-order valence-electron chi connectivity index (χ4n) is 1.94. The lowest BCUT2D eigenvalue weighted by Gasteiger charge is -2.01. The van der Waals surface area contributed by atoms with Gasteiger partial charge in [0.05, 0.1) is 0 Å². The fraction of sp³-hybridized carbons (Fsp3) is 0. The number of rotatable bonds is 2. The minimum absolute atomic E-state index is 0.625. The van der Waals surface area contributed by atoms with Gasteiger partial charge in [-0.05, 0) is 36.4 Å². The van der Waals surface area contributed by atoms with Gasteiger partial charge in [0.1, 0.15) is 34.2 Å². The number of aromatic nitrogens is 6. The summed E-state index contributed by atoms with van der Waals surface area (Å²) in [5.74, 6) is 0. The Hall–Kier alpha value is -1.83. The highest BCUT2D eigenvalue weighted by molar-refractivity contribution is 7.96. The van der Waals surface area contributed by atoms with Crippen molar-refractivity contribution < 1.29 is 0 Å². The van der Waals surface area contributed by atoms with E-state index in [-0.39, 0.29) is 0 Å². The quantitative estimate of drug-likeness (QED) is 0.561. The molecule has 6 nitrogen and oxygen atoms in total. The Morgan fingerprint density at radius 2 is 1.24 bits per heavy atom. The van der Waals surface area contributed by atoms with E-state index in [0.29, 0.717) is 10.0 Å². The van der Waals surface area contributed by atoms with E-state index in [1.807, 2.05) is 12.1 Å². The molecule has 104 valence electrons. The minimum Gasteiger partial charge on any atom is -0.164 e. The van der Waals surface area contributed by atoms with E-state index < -0.39 is 0 Å². The molecule has 0 fully saturated rings. The van der Waals surface area contributed by atoms with Crippen molar-refractivity contribution in [1.82, 2.24) is 28.8 Å². The molecule has 0 spiro atoms. The molecule has 4 aromatic rings. The van der Waals surface area contributed by atoms with Crippen LogP contribution in [0.1, 0.15) is 0 Å². The van der Waals surface area contributed by atoms with Crippen LogP contribution in [-0.2, 0) is 0 Å². The molecular formula is C12H6Cl2N6S. The summed E-state index contributed by atoms with van der Waals surface area (Å²) in [4.78, 5) is 0. The van der Waals surface area contributed by atoms with Crippen LogP contribution in [0, 0.1) is 0 Å². The van der Waals surface area contributed by atoms with E-state index in [1.165, 1.54) is 12.1 Å². The third kappa shape index (κ3) is 2.23. The zero-order valence-electron chi connectivity index (χ0n) is 10.3. The van der Waals surface area contributed by atoms with E-state index in [0.717, 1.165) is 22.1 Å². The predicted octanol–water partition coefficient (Wildman–Crippen LogP) is 3.44. The summed E-state index contributed by atoms with van der Waals surface area (Å²) in [5.41, 5.74) is 3.15. The molecular weight excluding hydrogens is 331 g/mol. The first-order valence-electron chi connectivity index (χ1n) is 5.91.